The first-order valence-electron chi connectivity index (χ1n) is 4.95. The zero-order valence-corrected chi connectivity index (χ0v) is 9.42. The molecule has 2 aromatic rings. The van der Waals surface area contributed by atoms with Crippen LogP contribution in [0.2, 0.25) is 0 Å². The van der Waals surface area contributed by atoms with Crippen molar-refractivity contribution >= 4 is 28.2 Å². The summed E-state index contributed by atoms with van der Waals surface area (Å²) in [5, 5.41) is 21.1. The number of aromatic nitrogens is 1. The Bertz CT molecular complexity index is 521. The van der Waals surface area contributed by atoms with Crippen molar-refractivity contribution in [2.45, 2.75) is 0 Å². The van der Waals surface area contributed by atoms with Crippen LogP contribution in [0.4, 0.5) is 17.2 Å². The van der Waals surface area contributed by atoms with Gasteiger partial charge < -0.3 is 20.4 Å². The van der Waals surface area contributed by atoms with E-state index in [0.717, 1.165) is 16.8 Å². The van der Waals surface area contributed by atoms with Gasteiger partial charge in [0.2, 0.25) is 0 Å². The molecule has 0 saturated heterocycles. The van der Waals surface area contributed by atoms with E-state index in [4.69, 9.17) is 4.52 Å². The lowest BCUT2D eigenvalue weighted by Crippen LogP contribution is -2.25. The van der Waals surface area contributed by atoms with Crippen LogP contribution < -0.4 is 20.9 Å². The Labute approximate surface area is 92.8 Å². The average molecular weight is 222 g/mol. The van der Waals surface area contributed by atoms with Crippen molar-refractivity contribution in [3.63, 3.8) is 0 Å². The highest BCUT2D eigenvalue weighted by Crippen LogP contribution is 2.30. The van der Waals surface area contributed by atoms with E-state index < -0.39 is 0 Å². The van der Waals surface area contributed by atoms with E-state index in [9.17, 15) is 5.21 Å². The van der Waals surface area contributed by atoms with Gasteiger partial charge in [-0.1, -0.05) is 0 Å². The molecule has 0 aliphatic carbocycles. The molecule has 0 atom stereocenters. The second-order valence-electron chi connectivity index (χ2n) is 3.34. The molecule has 0 unspecified atom stereocenters. The van der Waals surface area contributed by atoms with Gasteiger partial charge in [-0.05, 0) is 17.0 Å². The zero-order chi connectivity index (χ0) is 11.7. The van der Waals surface area contributed by atoms with Crippen molar-refractivity contribution in [2.24, 2.45) is 0 Å². The van der Waals surface area contributed by atoms with Gasteiger partial charge in [0.25, 0.3) is 0 Å². The molecule has 0 fully saturated rings. The monoisotopic (exact) mass is 222 g/mol. The van der Waals surface area contributed by atoms with E-state index >= 15 is 0 Å². The summed E-state index contributed by atoms with van der Waals surface area (Å²) in [5.41, 5.74) is 2.34. The second kappa shape index (κ2) is 3.80. The highest BCUT2D eigenvalue weighted by molar-refractivity contribution is 5.94. The Morgan fingerprint density at radius 3 is 2.25 bits per heavy atom. The third-order valence-electron chi connectivity index (χ3n) is 2.51. The molecule has 0 saturated carbocycles. The number of nitrogens with zero attached hydrogens (tertiary/aromatic N) is 1. The number of benzene rings is 1. The van der Waals surface area contributed by atoms with E-state index in [2.05, 4.69) is 16.0 Å². The fraction of sp³-hybridized carbons (Fsp3) is 0.300. The van der Waals surface area contributed by atoms with Crippen LogP contribution in [0.1, 0.15) is 0 Å². The maximum atomic E-state index is 11.4. The number of hydrogen-bond acceptors (Lipinski definition) is 5. The van der Waals surface area contributed by atoms with Gasteiger partial charge in [-0.25, -0.2) is 0 Å². The number of fused-ring (bicyclic) bond motifs is 1. The molecule has 1 aromatic carbocycles. The van der Waals surface area contributed by atoms with E-state index in [1.54, 1.807) is 13.1 Å². The van der Waals surface area contributed by atoms with E-state index in [-0.39, 0.29) is 0 Å². The van der Waals surface area contributed by atoms with Crippen LogP contribution in [-0.2, 0) is 0 Å². The fourth-order valence-electron chi connectivity index (χ4n) is 1.71. The first kappa shape index (κ1) is 10.4. The third kappa shape index (κ3) is 1.39. The van der Waals surface area contributed by atoms with Gasteiger partial charge in [-0.2, -0.15) is 0 Å². The minimum absolute atomic E-state index is 0.411. The molecule has 6 heteroatoms. The number of nitrogens with one attached hydrogen (secondary N) is 3. The molecule has 0 aliphatic rings. The van der Waals surface area contributed by atoms with Crippen LogP contribution in [0, 0.1) is 5.21 Å². The van der Waals surface area contributed by atoms with Gasteiger partial charge >= 0.3 is 5.82 Å². The minimum atomic E-state index is 0.411. The van der Waals surface area contributed by atoms with Crippen molar-refractivity contribution in [3.05, 3.63) is 17.3 Å². The van der Waals surface area contributed by atoms with Gasteiger partial charge in [-0.3, -0.25) is 5.32 Å². The molecule has 0 amide bonds. The Kier molecular flexibility index (Phi) is 2.47. The van der Waals surface area contributed by atoms with Gasteiger partial charge in [0.15, 0.2) is 0 Å². The molecular weight excluding hydrogens is 208 g/mol. The number of hydrogen-bond donors (Lipinski definition) is 3. The molecule has 0 bridgehead atoms. The molecule has 0 aliphatic heterocycles. The molecule has 6 nitrogen and oxygen atoms in total. The van der Waals surface area contributed by atoms with Crippen molar-refractivity contribution in [1.29, 1.82) is 0 Å². The number of anilines is 3. The van der Waals surface area contributed by atoms with Gasteiger partial charge in [-0.15, -0.1) is 0 Å². The quantitative estimate of drug-likeness (QED) is 0.680. The topological polar surface area (TPSA) is 76.2 Å². The van der Waals surface area contributed by atoms with Crippen LogP contribution >= 0.6 is 0 Å². The van der Waals surface area contributed by atoms with Crippen LogP contribution in [0.15, 0.2) is 16.7 Å². The normalized spacial score (nSPS) is 10.4. The lowest BCUT2D eigenvalue weighted by Gasteiger charge is -2.08. The highest BCUT2D eigenvalue weighted by atomic mass is 16.7. The maximum absolute atomic E-state index is 11.4. The largest absolute Gasteiger partial charge is 0.439 e. The van der Waals surface area contributed by atoms with E-state index in [1.165, 1.54) is 0 Å². The van der Waals surface area contributed by atoms with E-state index in [1.807, 2.05) is 20.2 Å². The summed E-state index contributed by atoms with van der Waals surface area (Å²) in [5.74, 6) is 0.411. The lowest BCUT2D eigenvalue weighted by atomic mass is 10.2. The van der Waals surface area contributed by atoms with Crippen LogP contribution in [-0.4, -0.2) is 21.1 Å². The lowest BCUT2D eigenvalue weighted by molar-refractivity contribution is -0.776. The van der Waals surface area contributed by atoms with Crippen LogP contribution in [0.5, 0.6) is 0 Å². The Morgan fingerprint density at radius 1 is 1.06 bits per heavy atom. The fourth-order valence-corrected chi connectivity index (χ4v) is 1.71. The molecule has 0 spiro atoms. The predicted molar refractivity (Wildman–Crippen MR) is 63.8 cm³/mol. The van der Waals surface area contributed by atoms with Crippen molar-refractivity contribution in [2.75, 3.05) is 37.1 Å². The molecule has 86 valence electrons. The predicted octanol–water partition coefficient (Wildman–Crippen LogP) is 1.19. The first-order chi connectivity index (χ1) is 7.71. The van der Waals surface area contributed by atoms with Crippen molar-refractivity contribution in [3.8, 4) is 0 Å². The third-order valence-corrected chi connectivity index (χ3v) is 2.51. The molecule has 3 N–H and O–H groups in total. The smallest absolute Gasteiger partial charge is 0.323 e. The summed E-state index contributed by atoms with van der Waals surface area (Å²) in [4.78, 5) is 0.476. The van der Waals surface area contributed by atoms with E-state index in [0.29, 0.717) is 16.3 Å². The summed E-state index contributed by atoms with van der Waals surface area (Å²) in [6.07, 6.45) is 0. The average Bonchev–Trinajstić information content (AvgIpc) is 2.61. The van der Waals surface area contributed by atoms with Gasteiger partial charge in [0.1, 0.15) is 0 Å². The molecular formula is C10H14N4O2. The summed E-state index contributed by atoms with van der Waals surface area (Å²) in [7, 11) is 5.32. The molecule has 2 rings (SSSR count). The Balaban J connectivity index is 2.73. The second-order valence-corrected chi connectivity index (χ2v) is 3.34. The zero-order valence-electron chi connectivity index (χ0n) is 9.42. The molecule has 1 aromatic heterocycles. The van der Waals surface area contributed by atoms with Crippen LogP contribution in [0.25, 0.3) is 11.0 Å². The molecule has 1 heterocycles. The SMILES string of the molecule is CNc1cc2o[n+]([O-])c(NC)c2cc1NC. The minimum Gasteiger partial charge on any atom is -0.439 e. The summed E-state index contributed by atoms with van der Waals surface area (Å²) in [6, 6.07) is 3.65. The molecule has 16 heavy (non-hydrogen) atoms. The molecule has 0 radical (unpaired) electrons. The summed E-state index contributed by atoms with van der Waals surface area (Å²) in [6.45, 7) is 0. The first-order valence-corrected chi connectivity index (χ1v) is 4.95. The Morgan fingerprint density at radius 2 is 1.69 bits per heavy atom. The van der Waals surface area contributed by atoms with Gasteiger partial charge in [0, 0.05) is 14.1 Å². The van der Waals surface area contributed by atoms with Gasteiger partial charge in [0.05, 0.1) is 29.4 Å². The van der Waals surface area contributed by atoms with Crippen LogP contribution in [0.3, 0.4) is 0 Å². The van der Waals surface area contributed by atoms with Crippen molar-refractivity contribution < 1.29 is 9.43 Å². The summed E-state index contributed by atoms with van der Waals surface area (Å²) >= 11 is 0. The Hall–Kier alpha value is -2.11. The highest BCUT2D eigenvalue weighted by Gasteiger charge is 2.14. The summed E-state index contributed by atoms with van der Waals surface area (Å²) < 4.78 is 5.06. The standard InChI is InChI=1S/C10H14N4O2/c1-11-7-4-6-9(5-8(7)12-2)16-14(15)10(6)13-3/h4-5,11-13H,1-3H3. The van der Waals surface area contributed by atoms with Crippen molar-refractivity contribution in [1.82, 2.24) is 0 Å². The maximum Gasteiger partial charge on any atom is 0.323 e. The number of rotatable bonds is 3.